The Morgan fingerprint density at radius 1 is 0.473 bits per heavy atom. The molecule has 9 aromatic rings. The van der Waals surface area contributed by atoms with Crippen molar-refractivity contribution < 1.29 is 0 Å². The zero-order valence-corrected chi connectivity index (χ0v) is 31.4. The van der Waals surface area contributed by atoms with Gasteiger partial charge in [-0.3, -0.25) is 0 Å². The molecule has 1 aliphatic carbocycles. The molecule has 1 heteroatoms. The molecule has 8 aromatic carbocycles. The molecule has 0 radical (unpaired) electrons. The van der Waals surface area contributed by atoms with E-state index in [1.165, 1.54) is 94.1 Å². The Morgan fingerprint density at radius 2 is 1.00 bits per heavy atom. The molecule has 0 amide bonds. The third-order valence-corrected chi connectivity index (χ3v) is 12.1. The lowest BCUT2D eigenvalue weighted by molar-refractivity contribution is 0.667. The molecule has 55 heavy (non-hydrogen) atoms. The van der Waals surface area contributed by atoms with E-state index in [9.17, 15) is 0 Å². The monoisotopic (exact) mass is 705 g/mol. The van der Waals surface area contributed by atoms with Crippen molar-refractivity contribution in [2.75, 3.05) is 0 Å². The summed E-state index contributed by atoms with van der Waals surface area (Å²) in [6.07, 6.45) is 2.03. The normalized spacial score (nSPS) is 13.0. The van der Waals surface area contributed by atoms with Crippen LogP contribution in [0, 0.1) is 0 Å². The number of hydrogen-bond acceptors (Lipinski definition) is 0. The first-order chi connectivity index (χ1) is 27.0. The van der Waals surface area contributed by atoms with Crippen LogP contribution in [0.4, 0.5) is 0 Å². The predicted octanol–water partition coefficient (Wildman–Crippen LogP) is 14.4. The summed E-state index contributed by atoms with van der Waals surface area (Å²) in [4.78, 5) is 3.86. The largest absolute Gasteiger partial charge is 0.354 e. The van der Waals surface area contributed by atoms with Crippen LogP contribution in [-0.2, 0) is 11.8 Å². The van der Waals surface area contributed by atoms with Gasteiger partial charge < -0.3 is 4.98 Å². The number of aromatic nitrogens is 1. The molecule has 0 bridgehead atoms. The molecule has 0 unspecified atom stereocenters. The highest BCUT2D eigenvalue weighted by Gasteiger charge is 2.39. The summed E-state index contributed by atoms with van der Waals surface area (Å²) in [5, 5.41) is 3.90. The van der Waals surface area contributed by atoms with Gasteiger partial charge in [-0.15, -0.1) is 0 Å². The van der Waals surface area contributed by atoms with E-state index in [-0.39, 0.29) is 5.41 Å². The molecule has 0 aliphatic heterocycles. The summed E-state index contributed by atoms with van der Waals surface area (Å²) in [5.74, 6) is 0.291. The predicted molar refractivity (Wildman–Crippen MR) is 233 cm³/mol. The first kappa shape index (κ1) is 33.2. The number of aryl methyl sites for hydroxylation is 1. The van der Waals surface area contributed by atoms with E-state index in [4.69, 9.17) is 0 Å². The summed E-state index contributed by atoms with van der Waals surface area (Å²) >= 11 is 0. The Labute approximate surface area is 324 Å². The zero-order chi connectivity index (χ0) is 36.9. The smallest absolute Gasteiger partial charge is 0.0541 e. The Morgan fingerprint density at radius 3 is 1.64 bits per heavy atom. The average Bonchev–Trinajstić information content (AvgIpc) is 3.75. The molecule has 0 spiro atoms. The summed E-state index contributed by atoms with van der Waals surface area (Å²) < 4.78 is 0. The van der Waals surface area contributed by atoms with Crippen LogP contribution in [-0.4, -0.2) is 4.98 Å². The highest BCUT2D eigenvalue weighted by atomic mass is 14.8. The molecular formula is C54H43N. The average molecular weight is 706 g/mol. The molecule has 264 valence electrons. The molecule has 0 atom stereocenters. The van der Waals surface area contributed by atoms with Gasteiger partial charge in [0.2, 0.25) is 0 Å². The van der Waals surface area contributed by atoms with Crippen molar-refractivity contribution in [3.05, 3.63) is 216 Å². The number of hydrogen-bond donors (Lipinski definition) is 1. The maximum absolute atomic E-state index is 3.86. The topological polar surface area (TPSA) is 15.8 Å². The third kappa shape index (κ3) is 5.88. The number of nitrogens with one attached hydrogen (secondary N) is 1. The van der Waals surface area contributed by atoms with E-state index in [1.54, 1.807) is 0 Å². The summed E-state index contributed by atoms with van der Waals surface area (Å²) in [6.45, 7) is 4.77. The molecule has 1 nitrogen and oxygen atoms in total. The minimum absolute atomic E-state index is 0.102. The molecule has 1 heterocycles. The first-order valence-electron chi connectivity index (χ1n) is 19.6. The highest BCUT2D eigenvalue weighted by Crippen LogP contribution is 2.53. The van der Waals surface area contributed by atoms with Crippen molar-refractivity contribution in [2.24, 2.45) is 0 Å². The highest BCUT2D eigenvalue weighted by molar-refractivity contribution is 6.10. The first-order valence-corrected chi connectivity index (χ1v) is 19.6. The number of H-pyrrole nitrogens is 1. The van der Waals surface area contributed by atoms with Gasteiger partial charge in [0.05, 0.1) is 11.2 Å². The summed E-state index contributed by atoms with van der Waals surface area (Å²) in [7, 11) is 0. The van der Waals surface area contributed by atoms with Crippen LogP contribution >= 0.6 is 0 Å². The molecule has 10 rings (SSSR count). The second kappa shape index (κ2) is 13.4. The number of benzene rings is 8. The molecular weight excluding hydrogens is 663 g/mol. The Balaban J connectivity index is 0.916. The molecule has 0 saturated heterocycles. The third-order valence-electron chi connectivity index (χ3n) is 12.1. The number of aromatic amines is 1. The van der Waals surface area contributed by atoms with Crippen LogP contribution < -0.4 is 0 Å². The Kier molecular flexibility index (Phi) is 8.11. The van der Waals surface area contributed by atoms with E-state index in [0.717, 1.165) is 12.8 Å². The van der Waals surface area contributed by atoms with E-state index in [2.05, 4.69) is 207 Å². The van der Waals surface area contributed by atoms with Crippen molar-refractivity contribution >= 4 is 21.7 Å². The van der Waals surface area contributed by atoms with Crippen LogP contribution in [0.1, 0.15) is 54.0 Å². The van der Waals surface area contributed by atoms with Gasteiger partial charge in [-0.1, -0.05) is 196 Å². The van der Waals surface area contributed by atoms with Crippen LogP contribution in [0.25, 0.3) is 66.3 Å². The minimum atomic E-state index is -0.102. The second-order valence-corrected chi connectivity index (χ2v) is 15.7. The lowest BCUT2D eigenvalue weighted by atomic mass is 9.80. The van der Waals surface area contributed by atoms with Gasteiger partial charge in [0, 0.05) is 27.7 Å². The quantitative estimate of drug-likeness (QED) is 0.162. The van der Waals surface area contributed by atoms with E-state index >= 15 is 0 Å². The molecule has 1 aromatic heterocycles. The fourth-order valence-corrected chi connectivity index (χ4v) is 9.16. The maximum atomic E-state index is 3.86. The second-order valence-electron chi connectivity index (χ2n) is 15.7. The molecule has 0 saturated carbocycles. The molecule has 1 aliphatic rings. The standard InChI is InChI=1S/C54H43N/c1-54(2)50-35-45(31-33-48(50)53-51(54)49-34-30-42-15-9-10-16-47(42)52(49)55-53)41-20-17-36(18-21-41)19-32-46(43-26-22-39(23-27-43)37-11-5-3-6-12-37)44-28-24-40(25-29-44)38-13-7-4-8-14-38/h3-18,20-31,33-35,46,55H,19,32H2,1-2H3. The van der Waals surface area contributed by atoms with Crippen molar-refractivity contribution in [3.8, 4) is 44.6 Å². The van der Waals surface area contributed by atoms with Gasteiger partial charge in [0.1, 0.15) is 0 Å². The van der Waals surface area contributed by atoms with Crippen molar-refractivity contribution in [2.45, 2.75) is 38.0 Å². The van der Waals surface area contributed by atoms with E-state index in [1.807, 2.05) is 0 Å². The van der Waals surface area contributed by atoms with Crippen LogP contribution in [0.5, 0.6) is 0 Å². The summed E-state index contributed by atoms with van der Waals surface area (Å²) in [5.41, 5.74) is 18.2. The fraction of sp³-hybridized carbons (Fsp3) is 0.111. The summed E-state index contributed by atoms with van der Waals surface area (Å²) in [6, 6.07) is 69.4. The van der Waals surface area contributed by atoms with Gasteiger partial charge in [-0.2, -0.15) is 0 Å². The zero-order valence-electron chi connectivity index (χ0n) is 31.4. The fourth-order valence-electron chi connectivity index (χ4n) is 9.16. The SMILES string of the molecule is CC1(C)c2cc(-c3ccc(CCC(c4ccc(-c5ccccc5)cc4)c4ccc(-c5ccccc5)cc4)cc3)ccc2-c2[nH]c3c(ccc4ccccc43)c21. The van der Waals surface area contributed by atoms with Gasteiger partial charge in [0.15, 0.2) is 0 Å². The van der Waals surface area contributed by atoms with Crippen molar-refractivity contribution in [3.63, 3.8) is 0 Å². The molecule has 0 fully saturated rings. The van der Waals surface area contributed by atoms with Gasteiger partial charge in [0.25, 0.3) is 0 Å². The van der Waals surface area contributed by atoms with Gasteiger partial charge >= 0.3 is 0 Å². The lowest BCUT2D eigenvalue weighted by Gasteiger charge is -2.22. The van der Waals surface area contributed by atoms with E-state index < -0.39 is 0 Å². The van der Waals surface area contributed by atoms with Gasteiger partial charge in [-0.05, 0) is 85.5 Å². The molecule has 1 N–H and O–H groups in total. The van der Waals surface area contributed by atoms with Crippen LogP contribution in [0.2, 0.25) is 0 Å². The maximum Gasteiger partial charge on any atom is 0.0541 e. The van der Waals surface area contributed by atoms with E-state index in [0.29, 0.717) is 5.92 Å². The van der Waals surface area contributed by atoms with Crippen LogP contribution in [0.15, 0.2) is 188 Å². The minimum Gasteiger partial charge on any atom is -0.354 e. The number of rotatable bonds is 8. The van der Waals surface area contributed by atoms with Crippen molar-refractivity contribution in [1.82, 2.24) is 4.98 Å². The van der Waals surface area contributed by atoms with Gasteiger partial charge in [-0.25, -0.2) is 0 Å². The van der Waals surface area contributed by atoms with Crippen molar-refractivity contribution in [1.29, 1.82) is 0 Å². The Bertz CT molecular complexity index is 2700. The number of fused-ring (bicyclic) bond motifs is 7. The lowest BCUT2D eigenvalue weighted by Crippen LogP contribution is -2.15. The van der Waals surface area contributed by atoms with Crippen LogP contribution in [0.3, 0.4) is 0 Å². The Hall–Kier alpha value is -6.44.